The summed E-state index contributed by atoms with van der Waals surface area (Å²) >= 11 is 0. The van der Waals surface area contributed by atoms with Crippen molar-refractivity contribution in [2.45, 2.75) is 50.6 Å². The van der Waals surface area contributed by atoms with E-state index in [-0.39, 0.29) is 28.7 Å². The number of aryl methyl sites for hydroxylation is 1. The molecule has 1 fully saturated rings. The second-order valence-corrected chi connectivity index (χ2v) is 9.69. The van der Waals surface area contributed by atoms with E-state index in [4.69, 9.17) is 0 Å². The molecule has 0 bridgehead atoms. The van der Waals surface area contributed by atoms with Gasteiger partial charge in [0.25, 0.3) is 5.91 Å². The van der Waals surface area contributed by atoms with E-state index in [1.54, 1.807) is 30.3 Å². The number of rotatable bonds is 8. The van der Waals surface area contributed by atoms with E-state index in [9.17, 15) is 18.0 Å². The smallest absolute Gasteiger partial charge is 0.251 e. The van der Waals surface area contributed by atoms with Gasteiger partial charge in [0, 0.05) is 17.3 Å². The first-order chi connectivity index (χ1) is 14.2. The average molecular weight is 430 g/mol. The molecule has 1 aliphatic rings. The zero-order chi connectivity index (χ0) is 21.9. The molecule has 1 unspecified atom stereocenters. The average Bonchev–Trinajstić information content (AvgIpc) is 3.49. The number of hydrogen-bond acceptors (Lipinski definition) is 4. The molecule has 0 aromatic heterocycles. The summed E-state index contributed by atoms with van der Waals surface area (Å²) in [6.07, 6.45) is 1.72. The Kier molecular flexibility index (Phi) is 6.58. The maximum absolute atomic E-state index is 12.8. The molecule has 0 radical (unpaired) electrons. The van der Waals surface area contributed by atoms with Gasteiger partial charge in [0.05, 0.1) is 4.90 Å². The van der Waals surface area contributed by atoms with E-state index in [0.29, 0.717) is 11.3 Å². The minimum absolute atomic E-state index is 0.0261. The Bertz CT molecular complexity index is 1030. The summed E-state index contributed by atoms with van der Waals surface area (Å²) in [7, 11) is -3.54. The third kappa shape index (κ3) is 5.67. The van der Waals surface area contributed by atoms with E-state index in [1.165, 1.54) is 12.1 Å². The molecule has 1 atom stereocenters. The zero-order valence-corrected chi connectivity index (χ0v) is 18.1. The molecular formula is C22H27N3O4S. The van der Waals surface area contributed by atoms with Gasteiger partial charge >= 0.3 is 0 Å². The van der Waals surface area contributed by atoms with Crippen molar-refractivity contribution in [2.75, 3.05) is 5.32 Å². The quantitative estimate of drug-likeness (QED) is 0.600. The molecule has 7 nitrogen and oxygen atoms in total. The lowest BCUT2D eigenvalue weighted by Crippen LogP contribution is -2.47. The van der Waals surface area contributed by atoms with Crippen LogP contribution in [0.5, 0.6) is 0 Å². The standard InChI is InChI=1S/C22H27N3O4S/c1-14(2)20(24-21(26)16-6-4-5-15(3)13-16)22(27)23-17-9-11-19(12-10-17)30(28,29)25-18-7-8-18/h4-6,9-14,18,20,25H,7-8H2,1-3H3,(H,23,27)(H,24,26). The molecule has 30 heavy (non-hydrogen) atoms. The van der Waals surface area contributed by atoms with Crippen molar-refractivity contribution in [3.05, 3.63) is 59.7 Å². The molecule has 2 amide bonds. The van der Waals surface area contributed by atoms with Crippen molar-refractivity contribution in [3.63, 3.8) is 0 Å². The number of benzene rings is 2. The fourth-order valence-electron chi connectivity index (χ4n) is 2.97. The fourth-order valence-corrected chi connectivity index (χ4v) is 4.28. The van der Waals surface area contributed by atoms with Crippen molar-refractivity contribution in [3.8, 4) is 0 Å². The van der Waals surface area contributed by atoms with Crippen LogP contribution in [-0.4, -0.2) is 32.3 Å². The first-order valence-corrected chi connectivity index (χ1v) is 11.4. The van der Waals surface area contributed by atoms with Crippen LogP contribution in [0.25, 0.3) is 0 Å². The summed E-state index contributed by atoms with van der Waals surface area (Å²) in [5.41, 5.74) is 1.91. The second-order valence-electron chi connectivity index (χ2n) is 7.97. The summed E-state index contributed by atoms with van der Waals surface area (Å²) in [5.74, 6) is -0.820. The Balaban J connectivity index is 1.66. The van der Waals surface area contributed by atoms with Crippen molar-refractivity contribution in [2.24, 2.45) is 5.92 Å². The molecule has 2 aromatic rings. The highest BCUT2D eigenvalue weighted by atomic mass is 32.2. The number of carbonyl (C=O) groups excluding carboxylic acids is 2. The van der Waals surface area contributed by atoms with Crippen molar-refractivity contribution in [1.29, 1.82) is 0 Å². The largest absolute Gasteiger partial charge is 0.340 e. The molecule has 8 heteroatoms. The Labute approximate surface area is 177 Å². The van der Waals surface area contributed by atoms with Gasteiger partial charge in [-0.25, -0.2) is 13.1 Å². The van der Waals surface area contributed by atoms with Crippen LogP contribution in [0.1, 0.15) is 42.6 Å². The van der Waals surface area contributed by atoms with Crippen LogP contribution in [0.3, 0.4) is 0 Å². The van der Waals surface area contributed by atoms with Crippen molar-refractivity contribution >= 4 is 27.5 Å². The van der Waals surface area contributed by atoms with E-state index in [1.807, 2.05) is 26.8 Å². The Hall–Kier alpha value is -2.71. The van der Waals surface area contributed by atoms with Crippen LogP contribution < -0.4 is 15.4 Å². The number of nitrogens with one attached hydrogen (secondary N) is 3. The van der Waals surface area contributed by atoms with Gasteiger partial charge in [0.2, 0.25) is 15.9 Å². The molecule has 3 rings (SSSR count). The van der Waals surface area contributed by atoms with E-state index >= 15 is 0 Å². The topological polar surface area (TPSA) is 104 Å². The van der Waals surface area contributed by atoms with Gasteiger partial charge in [-0.2, -0.15) is 0 Å². The molecule has 0 aliphatic heterocycles. The minimum Gasteiger partial charge on any atom is -0.340 e. The third-order valence-corrected chi connectivity index (χ3v) is 6.38. The Morgan fingerprint density at radius 2 is 1.70 bits per heavy atom. The number of anilines is 1. The number of hydrogen-bond donors (Lipinski definition) is 3. The molecule has 2 aromatic carbocycles. The number of sulfonamides is 1. The van der Waals surface area contributed by atoms with E-state index in [2.05, 4.69) is 15.4 Å². The van der Waals surface area contributed by atoms with E-state index in [0.717, 1.165) is 18.4 Å². The highest BCUT2D eigenvalue weighted by Crippen LogP contribution is 2.23. The SMILES string of the molecule is Cc1cccc(C(=O)NC(C(=O)Nc2ccc(S(=O)(=O)NC3CC3)cc2)C(C)C)c1. The van der Waals surface area contributed by atoms with Crippen LogP contribution in [0.15, 0.2) is 53.4 Å². The Morgan fingerprint density at radius 1 is 1.03 bits per heavy atom. The monoisotopic (exact) mass is 429 g/mol. The predicted octanol–water partition coefficient (Wildman–Crippen LogP) is 2.83. The Morgan fingerprint density at radius 3 is 2.27 bits per heavy atom. The zero-order valence-electron chi connectivity index (χ0n) is 17.3. The van der Waals surface area contributed by atoms with Crippen LogP contribution >= 0.6 is 0 Å². The van der Waals surface area contributed by atoms with Crippen LogP contribution in [-0.2, 0) is 14.8 Å². The summed E-state index contributed by atoms with van der Waals surface area (Å²) < 4.78 is 27.1. The summed E-state index contributed by atoms with van der Waals surface area (Å²) in [6, 6.07) is 12.4. The van der Waals surface area contributed by atoms with Gasteiger partial charge in [0.1, 0.15) is 6.04 Å². The molecule has 160 valence electrons. The van der Waals surface area contributed by atoms with Gasteiger partial charge in [-0.15, -0.1) is 0 Å². The van der Waals surface area contributed by atoms with Gasteiger partial charge in [-0.05, 0) is 62.1 Å². The summed E-state index contributed by atoms with van der Waals surface area (Å²) in [5, 5.41) is 5.54. The van der Waals surface area contributed by atoms with Gasteiger partial charge in [0.15, 0.2) is 0 Å². The highest BCUT2D eigenvalue weighted by Gasteiger charge is 2.28. The van der Waals surface area contributed by atoms with Gasteiger partial charge in [-0.1, -0.05) is 31.5 Å². The lowest BCUT2D eigenvalue weighted by Gasteiger charge is -2.22. The molecule has 1 aliphatic carbocycles. The molecule has 0 saturated heterocycles. The normalized spacial score (nSPS) is 14.9. The molecular weight excluding hydrogens is 402 g/mol. The van der Waals surface area contributed by atoms with Crippen LogP contribution in [0.4, 0.5) is 5.69 Å². The maximum Gasteiger partial charge on any atom is 0.251 e. The second kappa shape index (κ2) is 8.97. The minimum atomic E-state index is -3.54. The first kappa shape index (κ1) is 22.0. The molecule has 3 N–H and O–H groups in total. The van der Waals surface area contributed by atoms with Crippen LogP contribution in [0, 0.1) is 12.8 Å². The fraction of sp³-hybridized carbons (Fsp3) is 0.364. The van der Waals surface area contributed by atoms with Crippen molar-refractivity contribution < 1.29 is 18.0 Å². The predicted molar refractivity (Wildman–Crippen MR) is 116 cm³/mol. The lowest BCUT2D eigenvalue weighted by molar-refractivity contribution is -0.118. The lowest BCUT2D eigenvalue weighted by atomic mass is 10.0. The molecule has 0 heterocycles. The maximum atomic E-state index is 12.8. The molecule has 1 saturated carbocycles. The van der Waals surface area contributed by atoms with Crippen LogP contribution in [0.2, 0.25) is 0 Å². The first-order valence-electron chi connectivity index (χ1n) is 9.96. The van der Waals surface area contributed by atoms with E-state index < -0.39 is 16.1 Å². The number of carbonyl (C=O) groups is 2. The van der Waals surface area contributed by atoms with Gasteiger partial charge in [-0.3, -0.25) is 9.59 Å². The summed E-state index contributed by atoms with van der Waals surface area (Å²) in [4.78, 5) is 25.5. The van der Waals surface area contributed by atoms with Gasteiger partial charge < -0.3 is 10.6 Å². The third-order valence-electron chi connectivity index (χ3n) is 4.85. The highest BCUT2D eigenvalue weighted by molar-refractivity contribution is 7.89. The molecule has 0 spiro atoms. The summed E-state index contributed by atoms with van der Waals surface area (Å²) in [6.45, 7) is 5.59. The number of amides is 2. The van der Waals surface area contributed by atoms with Crippen molar-refractivity contribution in [1.82, 2.24) is 10.0 Å².